The second kappa shape index (κ2) is 3.48. The fourth-order valence-electron chi connectivity index (χ4n) is 0.877. The number of aryl methyl sites for hydroxylation is 1. The van der Waals surface area contributed by atoms with Gasteiger partial charge in [-0.3, -0.25) is 0 Å². The molecule has 12 heavy (non-hydrogen) atoms. The average molecular weight is 188 g/mol. The number of hydrogen-bond acceptors (Lipinski definition) is 2. The normalized spacial score (nSPS) is 12.0. The summed E-state index contributed by atoms with van der Waals surface area (Å²) in [4.78, 5) is 0. The molecule has 0 aliphatic rings. The average Bonchev–Trinajstić information content (AvgIpc) is 2.35. The van der Waals surface area contributed by atoms with Crippen LogP contribution in [0, 0.1) is 0 Å². The van der Waals surface area contributed by atoms with Crippen LogP contribution in [0.5, 0.6) is 0 Å². The third-order valence-corrected chi connectivity index (χ3v) is 1.86. The first-order chi connectivity index (χ1) is 5.54. The van der Waals surface area contributed by atoms with Crippen LogP contribution in [0.15, 0.2) is 10.6 Å². The fraction of sp³-hybridized carbons (Fsp3) is 0.667. The lowest BCUT2D eigenvalue weighted by Crippen LogP contribution is -2.10. The maximum atomic E-state index is 5.57. The van der Waals surface area contributed by atoms with E-state index in [1.54, 1.807) is 0 Å². The predicted octanol–water partition coefficient (Wildman–Crippen LogP) is 2.75. The molecule has 0 aromatic carbocycles. The molecule has 1 aromatic rings. The lowest BCUT2D eigenvalue weighted by atomic mass is 9.92. The second-order valence-corrected chi connectivity index (χ2v) is 4.25. The number of nitrogens with zero attached hydrogens (tertiary/aromatic N) is 1. The van der Waals surface area contributed by atoms with Gasteiger partial charge in [-0.1, -0.05) is 25.9 Å². The van der Waals surface area contributed by atoms with Crippen LogP contribution >= 0.6 is 11.6 Å². The molecule has 3 heteroatoms. The van der Waals surface area contributed by atoms with Crippen molar-refractivity contribution in [2.75, 3.05) is 5.88 Å². The van der Waals surface area contributed by atoms with Gasteiger partial charge in [0.25, 0.3) is 0 Å². The highest BCUT2D eigenvalue weighted by molar-refractivity contribution is 6.17. The molecule has 0 N–H and O–H groups in total. The molecule has 0 aliphatic carbocycles. The van der Waals surface area contributed by atoms with Crippen LogP contribution in [0.2, 0.25) is 0 Å². The van der Waals surface area contributed by atoms with E-state index in [0.29, 0.717) is 5.88 Å². The van der Waals surface area contributed by atoms with Gasteiger partial charge in [0.05, 0.1) is 5.69 Å². The first-order valence-electron chi connectivity index (χ1n) is 4.06. The van der Waals surface area contributed by atoms with E-state index < -0.39 is 0 Å². The molecular formula is C9H14ClNO. The van der Waals surface area contributed by atoms with Gasteiger partial charge >= 0.3 is 0 Å². The van der Waals surface area contributed by atoms with Crippen LogP contribution in [0.25, 0.3) is 0 Å². The summed E-state index contributed by atoms with van der Waals surface area (Å²) in [7, 11) is 0. The summed E-state index contributed by atoms with van der Waals surface area (Å²) in [5.41, 5.74) is 1.05. The summed E-state index contributed by atoms with van der Waals surface area (Å²) in [5.74, 6) is 1.45. The highest BCUT2D eigenvalue weighted by Crippen LogP contribution is 2.21. The lowest BCUT2D eigenvalue weighted by molar-refractivity contribution is 0.367. The van der Waals surface area contributed by atoms with E-state index in [1.807, 2.05) is 6.07 Å². The minimum absolute atomic E-state index is 0.0636. The lowest BCUT2D eigenvalue weighted by Gasteiger charge is -2.12. The zero-order chi connectivity index (χ0) is 9.19. The smallest absolute Gasteiger partial charge is 0.138 e. The van der Waals surface area contributed by atoms with Crippen molar-refractivity contribution in [1.82, 2.24) is 5.16 Å². The number of aromatic nitrogens is 1. The van der Waals surface area contributed by atoms with Crippen LogP contribution in [-0.2, 0) is 11.8 Å². The van der Waals surface area contributed by atoms with Gasteiger partial charge in [0.1, 0.15) is 5.76 Å². The van der Waals surface area contributed by atoms with Crippen LogP contribution in [0.1, 0.15) is 32.2 Å². The minimum Gasteiger partial charge on any atom is -0.361 e. The molecule has 0 unspecified atom stereocenters. The maximum absolute atomic E-state index is 5.57. The van der Waals surface area contributed by atoms with E-state index in [1.165, 1.54) is 0 Å². The fourth-order valence-corrected chi connectivity index (χ4v) is 1.06. The number of alkyl halides is 1. The molecule has 1 rings (SSSR count). The summed E-state index contributed by atoms with van der Waals surface area (Å²) < 4.78 is 5.10. The van der Waals surface area contributed by atoms with Gasteiger partial charge in [0, 0.05) is 23.8 Å². The second-order valence-electron chi connectivity index (χ2n) is 3.87. The zero-order valence-electron chi connectivity index (χ0n) is 7.72. The van der Waals surface area contributed by atoms with Crippen molar-refractivity contribution in [3.8, 4) is 0 Å². The molecule has 1 aromatic heterocycles. The van der Waals surface area contributed by atoms with Gasteiger partial charge in [-0.2, -0.15) is 0 Å². The van der Waals surface area contributed by atoms with E-state index in [0.717, 1.165) is 17.9 Å². The van der Waals surface area contributed by atoms with Crippen molar-refractivity contribution in [3.63, 3.8) is 0 Å². The van der Waals surface area contributed by atoms with E-state index in [9.17, 15) is 0 Å². The Bertz CT molecular complexity index is 249. The van der Waals surface area contributed by atoms with Crippen LogP contribution in [-0.4, -0.2) is 11.0 Å². The third kappa shape index (κ3) is 2.24. The highest BCUT2D eigenvalue weighted by atomic mass is 35.5. The zero-order valence-corrected chi connectivity index (χ0v) is 8.48. The Hall–Kier alpha value is -0.500. The Kier molecular flexibility index (Phi) is 2.78. The van der Waals surface area contributed by atoms with Crippen LogP contribution in [0.4, 0.5) is 0 Å². The van der Waals surface area contributed by atoms with Crippen molar-refractivity contribution in [3.05, 3.63) is 17.5 Å². The Morgan fingerprint density at radius 2 is 2.17 bits per heavy atom. The van der Waals surface area contributed by atoms with Crippen molar-refractivity contribution in [2.45, 2.75) is 32.6 Å². The first kappa shape index (κ1) is 9.59. The largest absolute Gasteiger partial charge is 0.361 e. The topological polar surface area (TPSA) is 26.0 Å². The molecule has 2 nitrogen and oxygen atoms in total. The van der Waals surface area contributed by atoms with Gasteiger partial charge < -0.3 is 4.52 Å². The molecule has 0 atom stereocenters. The molecular weight excluding hydrogens is 174 g/mol. The third-order valence-electron chi connectivity index (χ3n) is 1.67. The first-order valence-corrected chi connectivity index (χ1v) is 4.59. The molecule has 0 radical (unpaired) electrons. The van der Waals surface area contributed by atoms with Gasteiger partial charge in [0.2, 0.25) is 0 Å². The molecule has 0 aliphatic heterocycles. The van der Waals surface area contributed by atoms with Gasteiger partial charge in [0.15, 0.2) is 0 Å². The van der Waals surface area contributed by atoms with Crippen molar-refractivity contribution in [1.29, 1.82) is 0 Å². The summed E-state index contributed by atoms with van der Waals surface area (Å²) in [6, 6.07) is 1.97. The quantitative estimate of drug-likeness (QED) is 0.666. The van der Waals surface area contributed by atoms with Gasteiger partial charge in [-0.15, -0.1) is 11.6 Å². The molecule has 0 amide bonds. The standard InChI is InChI=1S/C9H14ClNO/c1-9(2,3)8-6-7(4-5-10)12-11-8/h6H,4-5H2,1-3H3. The summed E-state index contributed by atoms with van der Waals surface area (Å²) in [6.45, 7) is 6.32. The molecule has 68 valence electrons. The number of rotatable bonds is 2. The molecule has 0 saturated heterocycles. The predicted molar refractivity (Wildman–Crippen MR) is 49.6 cm³/mol. The van der Waals surface area contributed by atoms with Crippen molar-refractivity contribution >= 4 is 11.6 Å². The van der Waals surface area contributed by atoms with E-state index >= 15 is 0 Å². The summed E-state index contributed by atoms with van der Waals surface area (Å²) >= 11 is 5.57. The number of hydrogen-bond donors (Lipinski definition) is 0. The highest BCUT2D eigenvalue weighted by Gasteiger charge is 2.18. The monoisotopic (exact) mass is 187 g/mol. The molecule has 0 fully saturated rings. The molecule has 0 saturated carbocycles. The molecule has 0 spiro atoms. The van der Waals surface area contributed by atoms with Crippen LogP contribution in [0.3, 0.4) is 0 Å². The molecule has 0 bridgehead atoms. The van der Waals surface area contributed by atoms with Crippen molar-refractivity contribution in [2.24, 2.45) is 0 Å². The Morgan fingerprint density at radius 3 is 2.58 bits per heavy atom. The van der Waals surface area contributed by atoms with E-state index in [2.05, 4.69) is 25.9 Å². The summed E-state index contributed by atoms with van der Waals surface area (Å²) in [5, 5.41) is 3.97. The Morgan fingerprint density at radius 1 is 1.50 bits per heavy atom. The van der Waals surface area contributed by atoms with E-state index in [-0.39, 0.29) is 5.41 Å². The summed E-state index contributed by atoms with van der Waals surface area (Å²) in [6.07, 6.45) is 0.755. The Balaban J connectivity index is 2.77. The maximum Gasteiger partial charge on any atom is 0.138 e. The Labute approximate surface area is 77.9 Å². The molecule has 1 heterocycles. The van der Waals surface area contributed by atoms with Gasteiger partial charge in [-0.25, -0.2) is 0 Å². The number of halogens is 1. The van der Waals surface area contributed by atoms with Crippen molar-refractivity contribution < 1.29 is 4.52 Å². The van der Waals surface area contributed by atoms with Crippen LogP contribution < -0.4 is 0 Å². The SMILES string of the molecule is CC(C)(C)c1cc(CCCl)on1. The van der Waals surface area contributed by atoms with Gasteiger partial charge in [-0.05, 0) is 0 Å². The van der Waals surface area contributed by atoms with E-state index in [4.69, 9.17) is 16.1 Å². The minimum atomic E-state index is 0.0636.